The molecule has 1 aromatic rings. The lowest BCUT2D eigenvalue weighted by atomic mass is 10.00. The van der Waals surface area contributed by atoms with Gasteiger partial charge in [-0.3, -0.25) is 4.79 Å². The van der Waals surface area contributed by atoms with Gasteiger partial charge in [-0.15, -0.1) is 0 Å². The van der Waals surface area contributed by atoms with Crippen molar-refractivity contribution in [2.75, 3.05) is 13.2 Å². The van der Waals surface area contributed by atoms with Gasteiger partial charge in [0, 0.05) is 19.1 Å². The van der Waals surface area contributed by atoms with Crippen molar-refractivity contribution in [1.29, 1.82) is 0 Å². The van der Waals surface area contributed by atoms with Crippen LogP contribution in [0.25, 0.3) is 0 Å². The van der Waals surface area contributed by atoms with Crippen LogP contribution in [0.5, 0.6) is 0 Å². The summed E-state index contributed by atoms with van der Waals surface area (Å²) in [6.45, 7) is 1.92. The van der Waals surface area contributed by atoms with Gasteiger partial charge in [0.05, 0.1) is 5.69 Å². The predicted molar refractivity (Wildman–Crippen MR) is 61.0 cm³/mol. The maximum absolute atomic E-state index is 9.93. The van der Waals surface area contributed by atoms with E-state index in [-0.39, 0.29) is 13.1 Å². The van der Waals surface area contributed by atoms with Gasteiger partial charge < -0.3 is 14.6 Å². The standard InChI is InChI=1S/C10H13BrN2O4/c11-9-8(5-16-17-6-14)12-10(13-9)7-1-3-15-4-2-7/h6-7H,1-5H2,(H,12,13). The first-order chi connectivity index (χ1) is 8.31. The van der Waals surface area contributed by atoms with Gasteiger partial charge in [-0.2, -0.15) is 4.89 Å². The smallest absolute Gasteiger partial charge is 0.330 e. The van der Waals surface area contributed by atoms with Crippen LogP contribution < -0.4 is 0 Å². The molecule has 94 valence electrons. The molecule has 0 aromatic carbocycles. The van der Waals surface area contributed by atoms with Crippen LogP contribution in [-0.2, 0) is 25.9 Å². The molecule has 1 fully saturated rings. The number of nitrogens with one attached hydrogen (secondary N) is 1. The number of hydrogen-bond acceptors (Lipinski definition) is 5. The number of aromatic amines is 1. The monoisotopic (exact) mass is 304 g/mol. The Kier molecular flexibility index (Phi) is 4.52. The summed E-state index contributed by atoms with van der Waals surface area (Å²) in [6.07, 6.45) is 1.93. The van der Waals surface area contributed by atoms with Crippen LogP contribution in [-0.4, -0.2) is 29.7 Å². The second kappa shape index (κ2) is 6.13. The summed E-state index contributed by atoms with van der Waals surface area (Å²) in [4.78, 5) is 26.3. The number of nitrogens with zero attached hydrogens (tertiary/aromatic N) is 1. The molecule has 7 heteroatoms. The van der Waals surface area contributed by atoms with Gasteiger partial charge in [-0.1, -0.05) is 0 Å². The Bertz CT molecular complexity index is 376. The molecule has 6 nitrogen and oxygen atoms in total. The minimum absolute atomic E-state index is 0.148. The number of hydrogen-bond donors (Lipinski definition) is 1. The fraction of sp³-hybridized carbons (Fsp3) is 0.600. The highest BCUT2D eigenvalue weighted by Crippen LogP contribution is 2.27. The lowest BCUT2D eigenvalue weighted by Gasteiger charge is -2.19. The molecule has 0 unspecified atom stereocenters. The molecule has 1 aromatic heterocycles. The summed E-state index contributed by atoms with van der Waals surface area (Å²) < 4.78 is 5.99. The molecule has 0 aliphatic carbocycles. The SMILES string of the molecule is O=COOCc1[nH]c(C2CCOCC2)nc1Br. The van der Waals surface area contributed by atoms with Crippen molar-refractivity contribution < 1.29 is 19.3 Å². The Morgan fingerprint density at radius 3 is 3.00 bits per heavy atom. The zero-order valence-corrected chi connectivity index (χ0v) is 10.7. The van der Waals surface area contributed by atoms with Gasteiger partial charge in [-0.05, 0) is 28.8 Å². The predicted octanol–water partition coefficient (Wildman–Crippen LogP) is 1.67. The molecule has 1 saturated heterocycles. The van der Waals surface area contributed by atoms with Crippen molar-refractivity contribution in [3.63, 3.8) is 0 Å². The average molecular weight is 305 g/mol. The third-order valence-corrected chi connectivity index (χ3v) is 3.32. The van der Waals surface area contributed by atoms with E-state index in [1.807, 2.05) is 0 Å². The number of carbonyl (C=O) groups excluding carboxylic acids is 1. The number of halogens is 1. The molecule has 1 N–H and O–H groups in total. The highest BCUT2D eigenvalue weighted by Gasteiger charge is 2.20. The molecule has 2 heterocycles. The summed E-state index contributed by atoms with van der Waals surface area (Å²) in [7, 11) is 0. The maximum Gasteiger partial charge on any atom is 0.330 e. The first-order valence-corrected chi connectivity index (χ1v) is 6.14. The van der Waals surface area contributed by atoms with Gasteiger partial charge >= 0.3 is 6.47 Å². The van der Waals surface area contributed by atoms with Crippen LogP contribution in [0.1, 0.15) is 30.3 Å². The minimum Gasteiger partial charge on any atom is -0.381 e. The first-order valence-electron chi connectivity index (χ1n) is 5.35. The topological polar surface area (TPSA) is 73.4 Å². The van der Waals surface area contributed by atoms with Gasteiger partial charge in [0.2, 0.25) is 0 Å². The summed E-state index contributed by atoms with van der Waals surface area (Å²) >= 11 is 3.34. The maximum atomic E-state index is 9.93. The van der Waals surface area contributed by atoms with Gasteiger partial charge in [0.15, 0.2) is 0 Å². The molecule has 0 spiro atoms. The van der Waals surface area contributed by atoms with Gasteiger partial charge in [-0.25, -0.2) is 4.98 Å². The van der Waals surface area contributed by atoms with E-state index >= 15 is 0 Å². The van der Waals surface area contributed by atoms with Crippen molar-refractivity contribution in [2.45, 2.75) is 25.4 Å². The third-order valence-electron chi connectivity index (χ3n) is 2.67. The molecule has 0 atom stereocenters. The van der Waals surface area contributed by atoms with E-state index in [0.29, 0.717) is 10.5 Å². The van der Waals surface area contributed by atoms with Crippen molar-refractivity contribution >= 4 is 22.4 Å². The van der Waals surface area contributed by atoms with Crippen molar-refractivity contribution in [2.24, 2.45) is 0 Å². The van der Waals surface area contributed by atoms with Crippen LogP contribution in [0, 0.1) is 0 Å². The first kappa shape index (κ1) is 12.5. The quantitative estimate of drug-likeness (QED) is 0.388. The van der Waals surface area contributed by atoms with Crippen LogP contribution in [0.4, 0.5) is 0 Å². The molecule has 0 amide bonds. The second-order valence-corrected chi connectivity index (χ2v) is 4.48. The number of imidazole rings is 1. The van der Waals surface area contributed by atoms with E-state index in [1.54, 1.807) is 0 Å². The van der Waals surface area contributed by atoms with E-state index in [4.69, 9.17) is 4.74 Å². The molecule has 0 radical (unpaired) electrons. The molecule has 17 heavy (non-hydrogen) atoms. The molecular weight excluding hydrogens is 292 g/mol. The molecular formula is C10H13BrN2O4. The van der Waals surface area contributed by atoms with Gasteiger partial charge in [0.1, 0.15) is 17.0 Å². The van der Waals surface area contributed by atoms with E-state index in [9.17, 15) is 4.79 Å². The zero-order valence-electron chi connectivity index (χ0n) is 9.15. The van der Waals surface area contributed by atoms with E-state index in [1.165, 1.54) is 0 Å². The lowest BCUT2D eigenvalue weighted by molar-refractivity contribution is -0.267. The van der Waals surface area contributed by atoms with Crippen LogP contribution in [0.3, 0.4) is 0 Å². The molecule has 2 rings (SSSR count). The zero-order chi connectivity index (χ0) is 12.1. The Hall–Kier alpha value is -0.920. The van der Waals surface area contributed by atoms with E-state index in [0.717, 1.165) is 37.6 Å². The molecule has 1 aliphatic heterocycles. The number of carbonyl (C=O) groups is 1. The Morgan fingerprint density at radius 2 is 2.29 bits per heavy atom. The van der Waals surface area contributed by atoms with E-state index in [2.05, 4.69) is 35.7 Å². The fourth-order valence-corrected chi connectivity index (χ4v) is 2.19. The molecule has 0 bridgehead atoms. The van der Waals surface area contributed by atoms with Crippen molar-refractivity contribution in [1.82, 2.24) is 9.97 Å². The highest BCUT2D eigenvalue weighted by atomic mass is 79.9. The third kappa shape index (κ3) is 3.27. The Labute approximate surface area is 107 Å². The molecule has 1 aliphatic rings. The average Bonchev–Trinajstić information content (AvgIpc) is 2.73. The Balaban J connectivity index is 1.98. The normalized spacial score (nSPS) is 17.0. The molecule has 0 saturated carbocycles. The largest absolute Gasteiger partial charge is 0.381 e. The fourth-order valence-electron chi connectivity index (χ4n) is 1.79. The summed E-state index contributed by atoms with van der Waals surface area (Å²) in [5, 5.41) is 0. The van der Waals surface area contributed by atoms with E-state index < -0.39 is 0 Å². The lowest BCUT2D eigenvalue weighted by Crippen LogP contribution is -2.15. The number of H-pyrrole nitrogens is 1. The second-order valence-electron chi connectivity index (χ2n) is 3.73. The summed E-state index contributed by atoms with van der Waals surface area (Å²) in [6, 6.07) is 0. The van der Waals surface area contributed by atoms with Crippen molar-refractivity contribution in [3.8, 4) is 0 Å². The highest BCUT2D eigenvalue weighted by molar-refractivity contribution is 9.10. The number of ether oxygens (including phenoxy) is 1. The number of aromatic nitrogens is 2. The van der Waals surface area contributed by atoms with Crippen LogP contribution in [0.15, 0.2) is 4.60 Å². The Morgan fingerprint density at radius 1 is 1.53 bits per heavy atom. The van der Waals surface area contributed by atoms with Crippen molar-refractivity contribution in [3.05, 3.63) is 16.1 Å². The summed E-state index contributed by atoms with van der Waals surface area (Å²) in [5.41, 5.74) is 0.758. The van der Waals surface area contributed by atoms with Crippen LogP contribution >= 0.6 is 15.9 Å². The minimum atomic E-state index is 0.148. The number of rotatable bonds is 5. The van der Waals surface area contributed by atoms with Gasteiger partial charge in [0.25, 0.3) is 0 Å². The summed E-state index contributed by atoms with van der Waals surface area (Å²) in [5.74, 6) is 1.31. The van der Waals surface area contributed by atoms with Crippen LogP contribution in [0.2, 0.25) is 0 Å².